The fraction of sp³-hybridized carbons (Fsp3) is 0.243. The SMILES string of the molecule is O=C1c2ccccc2C(=O)C12C[C@H](CO)[C@@H](c1ccc(C(F)(F)F)cc1)C1(C(=O)c3ccccc3C1=O)[C@H]2c1ccc(C(F)(F)F)cc1. The molecule has 3 aliphatic rings. The van der Waals surface area contributed by atoms with Gasteiger partial charge in [0.2, 0.25) is 0 Å². The predicted molar refractivity (Wildman–Crippen MR) is 159 cm³/mol. The zero-order chi connectivity index (χ0) is 34.4. The van der Waals surface area contributed by atoms with Crippen LogP contribution >= 0.6 is 0 Å². The maximum Gasteiger partial charge on any atom is 0.416 e. The fourth-order valence-electron chi connectivity index (χ4n) is 8.47. The van der Waals surface area contributed by atoms with Gasteiger partial charge in [-0.25, -0.2) is 0 Å². The van der Waals surface area contributed by atoms with Crippen LogP contribution in [-0.2, 0) is 12.4 Å². The molecule has 0 heterocycles. The van der Waals surface area contributed by atoms with E-state index >= 15 is 9.59 Å². The molecule has 0 aromatic heterocycles. The maximum absolute atomic E-state index is 15.0. The van der Waals surface area contributed by atoms with Crippen LogP contribution in [0.25, 0.3) is 0 Å². The quantitative estimate of drug-likeness (QED) is 0.179. The fourth-order valence-corrected chi connectivity index (χ4v) is 8.47. The molecule has 0 bridgehead atoms. The number of carbonyl (C=O) groups excluding carboxylic acids is 4. The van der Waals surface area contributed by atoms with Crippen LogP contribution in [0.4, 0.5) is 26.3 Å². The number of alkyl halides is 6. The third-order valence-electron chi connectivity index (χ3n) is 10.3. The molecule has 3 aliphatic carbocycles. The summed E-state index contributed by atoms with van der Waals surface area (Å²) in [6, 6.07) is 18.9. The Morgan fingerprint density at radius 3 is 1.31 bits per heavy atom. The second-order valence-electron chi connectivity index (χ2n) is 12.5. The molecule has 11 heteroatoms. The molecule has 4 aromatic carbocycles. The minimum atomic E-state index is -4.77. The number of ketones is 4. The maximum atomic E-state index is 15.0. The van der Waals surface area contributed by atoms with Gasteiger partial charge in [0.05, 0.1) is 11.1 Å². The number of halogens is 6. The van der Waals surface area contributed by atoms with Crippen molar-refractivity contribution in [1.82, 2.24) is 0 Å². The van der Waals surface area contributed by atoms with Gasteiger partial charge >= 0.3 is 12.4 Å². The van der Waals surface area contributed by atoms with Crippen LogP contribution < -0.4 is 0 Å². The molecular weight excluding hydrogens is 638 g/mol. The number of hydrogen-bond acceptors (Lipinski definition) is 5. The molecule has 0 aliphatic heterocycles. The highest BCUT2D eigenvalue weighted by Crippen LogP contribution is 2.70. The molecule has 1 saturated carbocycles. The van der Waals surface area contributed by atoms with Gasteiger partial charge in [0.1, 0.15) is 10.8 Å². The van der Waals surface area contributed by atoms with Gasteiger partial charge in [-0.2, -0.15) is 26.3 Å². The van der Waals surface area contributed by atoms with Gasteiger partial charge in [0.25, 0.3) is 0 Å². The number of aliphatic hydroxyl groups excluding tert-OH is 1. The van der Waals surface area contributed by atoms with E-state index in [1.807, 2.05) is 0 Å². The Bertz CT molecular complexity index is 1940. The Morgan fingerprint density at radius 2 is 0.938 bits per heavy atom. The third-order valence-corrected chi connectivity index (χ3v) is 10.3. The highest BCUT2D eigenvalue weighted by molar-refractivity contribution is 6.35. The molecular formula is C37H24F6O5. The van der Waals surface area contributed by atoms with Crippen LogP contribution in [0.3, 0.4) is 0 Å². The Hall–Kier alpha value is -4.90. The van der Waals surface area contributed by atoms with E-state index in [4.69, 9.17) is 0 Å². The van der Waals surface area contributed by atoms with E-state index < -0.39 is 88.2 Å². The molecule has 5 nitrogen and oxygen atoms in total. The van der Waals surface area contributed by atoms with E-state index in [1.165, 1.54) is 48.5 Å². The van der Waals surface area contributed by atoms with E-state index in [1.54, 1.807) is 0 Å². The van der Waals surface area contributed by atoms with Crippen molar-refractivity contribution >= 4 is 23.1 Å². The highest BCUT2D eigenvalue weighted by Gasteiger charge is 2.75. The second kappa shape index (κ2) is 10.6. The molecule has 0 saturated heterocycles. The third kappa shape index (κ3) is 4.16. The second-order valence-corrected chi connectivity index (χ2v) is 12.5. The summed E-state index contributed by atoms with van der Waals surface area (Å²) in [6.45, 7) is -0.775. The number of Topliss-reactive ketones (excluding diaryl/α,β-unsaturated/α-hetero) is 4. The molecule has 3 atom stereocenters. The lowest BCUT2D eigenvalue weighted by molar-refractivity contribution is -0.138. The molecule has 0 unspecified atom stereocenters. The van der Waals surface area contributed by atoms with Gasteiger partial charge in [0.15, 0.2) is 23.1 Å². The Kier molecular flexibility index (Phi) is 6.96. The molecule has 244 valence electrons. The van der Waals surface area contributed by atoms with E-state index in [9.17, 15) is 41.0 Å². The van der Waals surface area contributed by atoms with Crippen molar-refractivity contribution in [2.24, 2.45) is 16.7 Å². The van der Waals surface area contributed by atoms with Gasteiger partial charge in [0, 0.05) is 40.7 Å². The summed E-state index contributed by atoms with van der Waals surface area (Å²) in [7, 11) is 0. The van der Waals surface area contributed by atoms with Gasteiger partial charge in [-0.05, 0) is 47.7 Å². The summed E-state index contributed by atoms with van der Waals surface area (Å²) in [5.74, 6) is -7.49. The first-order chi connectivity index (χ1) is 22.7. The van der Waals surface area contributed by atoms with Crippen LogP contribution in [0.1, 0.15) is 81.9 Å². The first kappa shape index (κ1) is 31.7. The number of hydrogen-bond donors (Lipinski definition) is 1. The van der Waals surface area contributed by atoms with Crippen molar-refractivity contribution in [3.63, 3.8) is 0 Å². The van der Waals surface area contributed by atoms with E-state index in [2.05, 4.69) is 0 Å². The highest BCUT2D eigenvalue weighted by atomic mass is 19.4. The Morgan fingerprint density at radius 1 is 0.562 bits per heavy atom. The summed E-state index contributed by atoms with van der Waals surface area (Å²) < 4.78 is 82.0. The van der Waals surface area contributed by atoms with Crippen LogP contribution in [0.15, 0.2) is 97.1 Å². The van der Waals surface area contributed by atoms with Gasteiger partial charge in [-0.3, -0.25) is 19.2 Å². The van der Waals surface area contributed by atoms with Crippen LogP contribution in [0.2, 0.25) is 0 Å². The monoisotopic (exact) mass is 662 g/mol. The van der Waals surface area contributed by atoms with Crippen LogP contribution in [0, 0.1) is 16.7 Å². The lowest BCUT2D eigenvalue weighted by Crippen LogP contribution is -2.61. The number of aliphatic hydroxyl groups is 1. The van der Waals surface area contributed by atoms with E-state index in [-0.39, 0.29) is 33.4 Å². The first-order valence-electron chi connectivity index (χ1n) is 15.0. The topological polar surface area (TPSA) is 88.5 Å². The van der Waals surface area contributed by atoms with Gasteiger partial charge in [-0.15, -0.1) is 0 Å². The summed E-state index contributed by atoms with van der Waals surface area (Å²) in [4.78, 5) is 59.3. The average Bonchev–Trinajstić information content (AvgIpc) is 3.41. The summed E-state index contributed by atoms with van der Waals surface area (Å²) in [6.07, 6.45) is -9.93. The molecule has 0 amide bonds. The van der Waals surface area contributed by atoms with Crippen molar-refractivity contribution in [2.45, 2.75) is 30.6 Å². The number of rotatable bonds is 3. The van der Waals surface area contributed by atoms with Crippen molar-refractivity contribution in [3.05, 3.63) is 142 Å². The van der Waals surface area contributed by atoms with Crippen molar-refractivity contribution in [3.8, 4) is 0 Å². The summed E-state index contributed by atoms with van der Waals surface area (Å²) in [5.41, 5.74) is -6.91. The van der Waals surface area contributed by atoms with Crippen molar-refractivity contribution in [2.75, 3.05) is 6.61 Å². The van der Waals surface area contributed by atoms with E-state index in [0.717, 1.165) is 48.5 Å². The average molecular weight is 663 g/mol. The predicted octanol–water partition coefficient (Wildman–Crippen LogP) is 7.74. The lowest BCUT2D eigenvalue weighted by Gasteiger charge is -2.55. The molecule has 4 aromatic rings. The molecule has 1 N–H and O–H groups in total. The Labute approximate surface area is 269 Å². The van der Waals surface area contributed by atoms with Crippen molar-refractivity contribution in [1.29, 1.82) is 0 Å². The van der Waals surface area contributed by atoms with Crippen LogP contribution in [0.5, 0.6) is 0 Å². The van der Waals surface area contributed by atoms with Crippen LogP contribution in [-0.4, -0.2) is 34.8 Å². The standard InChI is InChI=1S/C37H24F6O5/c38-36(39,40)22-13-9-19(10-14-22)28-21(18-44)17-34(30(45)24-5-1-2-6-25(24)31(34)46)29(20-11-15-23(16-12-20)37(41,42)43)35(28)32(47)26-7-3-4-8-27(26)33(35)48/h1-16,21,28-29,44H,17-18H2/t21-,28-,29+/m1/s1. The van der Waals surface area contributed by atoms with Gasteiger partial charge in [-0.1, -0.05) is 72.8 Å². The summed E-state index contributed by atoms with van der Waals surface area (Å²) in [5, 5.41) is 10.9. The first-order valence-corrected chi connectivity index (χ1v) is 15.0. The lowest BCUT2D eigenvalue weighted by atomic mass is 9.42. The minimum absolute atomic E-state index is 0.00496. The normalized spacial score (nSPS) is 22.8. The Balaban J connectivity index is 1.58. The van der Waals surface area contributed by atoms with Gasteiger partial charge < -0.3 is 5.11 Å². The van der Waals surface area contributed by atoms with E-state index in [0.29, 0.717) is 0 Å². The number of carbonyl (C=O) groups is 4. The minimum Gasteiger partial charge on any atom is -0.396 e. The number of fused-ring (bicyclic) bond motifs is 2. The zero-order valence-electron chi connectivity index (χ0n) is 24.7. The number of benzene rings is 4. The summed E-state index contributed by atoms with van der Waals surface area (Å²) >= 11 is 0. The molecule has 2 spiro atoms. The molecule has 7 rings (SSSR count). The zero-order valence-corrected chi connectivity index (χ0v) is 24.7. The van der Waals surface area contributed by atoms with Crippen molar-refractivity contribution < 1.29 is 50.6 Å². The largest absolute Gasteiger partial charge is 0.416 e. The molecule has 1 fully saturated rings. The molecule has 48 heavy (non-hydrogen) atoms. The smallest absolute Gasteiger partial charge is 0.396 e. The molecule has 0 radical (unpaired) electrons.